The number of halogens is 1. The lowest BCUT2D eigenvalue weighted by Gasteiger charge is -2.77. The maximum absolute atomic E-state index is 13.8. The molecule has 0 aromatic carbocycles. The summed E-state index contributed by atoms with van der Waals surface area (Å²) >= 11 is 0. The number of aromatic nitrogens is 6. The Hall–Kier alpha value is -3.56. The van der Waals surface area contributed by atoms with Gasteiger partial charge >= 0.3 is 5.97 Å². The van der Waals surface area contributed by atoms with E-state index in [-0.39, 0.29) is 5.92 Å². The number of carboxylic acids is 1. The second-order valence-electron chi connectivity index (χ2n) is 9.45. The summed E-state index contributed by atoms with van der Waals surface area (Å²) < 4.78 is 15.5. The number of carbonyl (C=O) groups is 1. The molecule has 6 atom stereocenters. The molecule has 0 radical (unpaired) electrons. The van der Waals surface area contributed by atoms with Crippen LogP contribution in [0.25, 0.3) is 28.1 Å². The van der Waals surface area contributed by atoms with Gasteiger partial charge in [0, 0.05) is 6.20 Å². The fourth-order valence-electron chi connectivity index (χ4n) is 6.88. The summed E-state index contributed by atoms with van der Waals surface area (Å²) in [5.41, 5.74) is 1.14. The third-order valence-electron chi connectivity index (χ3n) is 8.10. The average Bonchev–Trinajstić information content (AvgIpc) is 3.39. The molecule has 32 heavy (non-hydrogen) atoms. The molecular formula is C22H20FN7O2. The number of nitrogens with zero attached hydrogens (tertiary/aromatic N) is 5. The van der Waals surface area contributed by atoms with E-state index in [1.54, 1.807) is 4.52 Å². The maximum Gasteiger partial charge on any atom is 0.309 e. The van der Waals surface area contributed by atoms with Crippen LogP contribution >= 0.6 is 0 Å². The Kier molecular flexibility index (Phi) is 3.28. The monoisotopic (exact) mass is 433 g/mol. The Balaban J connectivity index is 1.36. The van der Waals surface area contributed by atoms with Gasteiger partial charge in [0.15, 0.2) is 11.5 Å². The molecule has 4 aromatic heterocycles. The van der Waals surface area contributed by atoms with Crippen molar-refractivity contribution in [1.29, 1.82) is 0 Å². The molecule has 5 saturated carbocycles. The quantitative estimate of drug-likeness (QED) is 0.452. The van der Waals surface area contributed by atoms with Crippen LogP contribution in [0.2, 0.25) is 0 Å². The van der Waals surface area contributed by atoms with Crippen LogP contribution in [0.15, 0.2) is 30.6 Å². The molecule has 0 amide bonds. The number of pyridine rings is 1. The normalized spacial score (nSPS) is 32.5. The van der Waals surface area contributed by atoms with Crippen LogP contribution in [0.5, 0.6) is 0 Å². The first kappa shape index (κ1) is 18.1. The Morgan fingerprint density at radius 3 is 3.09 bits per heavy atom. The van der Waals surface area contributed by atoms with Gasteiger partial charge in [0.1, 0.15) is 17.0 Å². The summed E-state index contributed by atoms with van der Waals surface area (Å²) in [6, 6.07) is 5.12. The molecule has 5 fully saturated rings. The first-order chi connectivity index (χ1) is 15.5. The number of aliphatic carboxylic acids is 1. The predicted octanol–water partition coefficient (Wildman–Crippen LogP) is 2.96. The lowest BCUT2D eigenvalue weighted by atomic mass is 9.30. The highest BCUT2D eigenvalue weighted by Crippen LogP contribution is 2.73. The molecule has 0 saturated heterocycles. The van der Waals surface area contributed by atoms with Gasteiger partial charge in [0.25, 0.3) is 0 Å². The molecule has 0 aliphatic heterocycles. The molecule has 4 heterocycles. The largest absolute Gasteiger partial charge is 0.481 e. The van der Waals surface area contributed by atoms with Gasteiger partial charge in [0.2, 0.25) is 5.82 Å². The minimum atomic E-state index is -0.739. The second-order valence-corrected chi connectivity index (χ2v) is 9.45. The number of H-pyrrole nitrogens is 1. The van der Waals surface area contributed by atoms with E-state index in [2.05, 4.69) is 32.5 Å². The number of hydrogen-bond donors (Lipinski definition) is 3. The first-order valence-corrected chi connectivity index (χ1v) is 10.8. The molecule has 0 spiro atoms. The number of hydrogen-bond acceptors (Lipinski definition) is 6. The van der Waals surface area contributed by atoms with Crippen molar-refractivity contribution < 1.29 is 14.3 Å². The Bertz CT molecular complexity index is 1420. The Labute approximate surface area is 181 Å². The van der Waals surface area contributed by atoms with Gasteiger partial charge < -0.3 is 10.4 Å². The van der Waals surface area contributed by atoms with E-state index < -0.39 is 23.2 Å². The Morgan fingerprint density at radius 2 is 2.28 bits per heavy atom. The third-order valence-corrected chi connectivity index (χ3v) is 8.10. The summed E-state index contributed by atoms with van der Waals surface area (Å²) in [5.74, 6) is 0.581. The molecular weight excluding hydrogens is 413 g/mol. The number of rotatable bonds is 4. The van der Waals surface area contributed by atoms with Gasteiger partial charge in [0.05, 0.1) is 23.0 Å². The van der Waals surface area contributed by atoms with Crippen LogP contribution < -0.4 is 5.32 Å². The van der Waals surface area contributed by atoms with Crippen LogP contribution in [0.4, 0.5) is 10.2 Å². The van der Waals surface area contributed by atoms with Crippen LogP contribution in [0.3, 0.4) is 0 Å². The minimum absolute atomic E-state index is 0.208. The number of aromatic amines is 1. The minimum Gasteiger partial charge on any atom is -0.481 e. The summed E-state index contributed by atoms with van der Waals surface area (Å²) in [7, 11) is 0. The average molecular weight is 433 g/mol. The third kappa shape index (κ3) is 2.05. The van der Waals surface area contributed by atoms with Crippen molar-refractivity contribution >= 4 is 28.3 Å². The maximum atomic E-state index is 13.8. The second kappa shape index (κ2) is 5.81. The van der Waals surface area contributed by atoms with Crippen LogP contribution in [0.1, 0.15) is 19.8 Å². The zero-order valence-corrected chi connectivity index (χ0v) is 17.2. The van der Waals surface area contributed by atoms with E-state index in [9.17, 15) is 14.3 Å². The van der Waals surface area contributed by atoms with Crippen molar-refractivity contribution in [3.8, 4) is 11.5 Å². The smallest absolute Gasteiger partial charge is 0.309 e. The molecule has 4 aromatic rings. The van der Waals surface area contributed by atoms with E-state index in [0.29, 0.717) is 46.1 Å². The topological polar surface area (TPSA) is 121 Å². The predicted molar refractivity (Wildman–Crippen MR) is 112 cm³/mol. The number of anilines is 1. The fraction of sp³-hybridized carbons (Fsp3) is 0.409. The summed E-state index contributed by atoms with van der Waals surface area (Å²) in [5, 5.41) is 25.7. The molecule has 10 heteroatoms. The molecule has 9 nitrogen and oxygen atoms in total. The van der Waals surface area contributed by atoms with Crippen molar-refractivity contribution in [1.82, 2.24) is 29.8 Å². The van der Waals surface area contributed by atoms with E-state index in [4.69, 9.17) is 4.98 Å². The molecule has 5 aliphatic rings. The zero-order chi connectivity index (χ0) is 21.8. The molecule has 4 bridgehead atoms. The van der Waals surface area contributed by atoms with Gasteiger partial charge in [-0.3, -0.25) is 9.89 Å². The van der Waals surface area contributed by atoms with Crippen LogP contribution in [0, 0.1) is 35.4 Å². The molecule has 5 aliphatic carbocycles. The number of fused-ring (bicyclic) bond motifs is 2. The Morgan fingerprint density at radius 1 is 1.41 bits per heavy atom. The summed E-state index contributed by atoms with van der Waals surface area (Å²) in [6.45, 7) is 2.17. The van der Waals surface area contributed by atoms with Gasteiger partial charge in [-0.1, -0.05) is 6.92 Å². The highest BCUT2D eigenvalue weighted by molar-refractivity contribution is 5.89. The van der Waals surface area contributed by atoms with E-state index in [1.807, 2.05) is 18.3 Å². The van der Waals surface area contributed by atoms with Crippen molar-refractivity contribution in [2.45, 2.75) is 25.3 Å². The molecule has 162 valence electrons. The number of carboxylic acid groups (broad SMARTS) is 1. The standard InChI is InChI=1S/C22H20FN7O2/c1-9-5-10-6-13-15(9)16(21(31)32)22(10,13)26-19-14-3-2-4-30(14)29-20(25-19)17-12-7-11(23)8-24-18(12)28-27-17/h2-4,7-10,13,15-16H,5-6H2,1H3,(H,31,32)(H,24,27,28)(H,25,26,29)/t9?,10-,13?,15+,16+,22-/m0/s1. The van der Waals surface area contributed by atoms with E-state index in [0.717, 1.165) is 24.6 Å². The summed E-state index contributed by atoms with van der Waals surface area (Å²) in [6.07, 6.45) is 5.02. The van der Waals surface area contributed by atoms with Crippen molar-refractivity contribution in [2.24, 2.45) is 29.6 Å². The lowest BCUT2D eigenvalue weighted by Crippen LogP contribution is -2.83. The molecule has 3 N–H and O–H groups in total. The summed E-state index contributed by atoms with van der Waals surface area (Å²) in [4.78, 5) is 21.0. The fourth-order valence-corrected chi connectivity index (χ4v) is 6.88. The zero-order valence-electron chi connectivity index (χ0n) is 17.2. The SMILES string of the molecule is CC1C[C@H]2CC3[C@@H]1[C@H](C(=O)O)[C@@]32Nc1nc(-c2[nH]nc3ncc(F)cc23)nn2cccc12. The van der Waals surface area contributed by atoms with Crippen molar-refractivity contribution in [3.63, 3.8) is 0 Å². The van der Waals surface area contributed by atoms with Crippen LogP contribution in [-0.4, -0.2) is 46.4 Å². The van der Waals surface area contributed by atoms with Crippen LogP contribution in [-0.2, 0) is 4.79 Å². The molecule has 2 unspecified atom stereocenters. The highest BCUT2D eigenvalue weighted by Gasteiger charge is 2.78. The van der Waals surface area contributed by atoms with Gasteiger partial charge in [-0.2, -0.15) is 5.10 Å². The lowest BCUT2D eigenvalue weighted by molar-refractivity contribution is -0.237. The van der Waals surface area contributed by atoms with Gasteiger partial charge in [-0.25, -0.2) is 18.9 Å². The van der Waals surface area contributed by atoms with Gasteiger partial charge in [-0.05, 0) is 54.7 Å². The number of nitrogens with one attached hydrogen (secondary N) is 2. The highest BCUT2D eigenvalue weighted by atomic mass is 19.1. The van der Waals surface area contributed by atoms with E-state index >= 15 is 0 Å². The van der Waals surface area contributed by atoms with Crippen molar-refractivity contribution in [2.75, 3.05) is 5.32 Å². The molecule has 9 rings (SSSR count). The van der Waals surface area contributed by atoms with Crippen molar-refractivity contribution in [3.05, 3.63) is 36.4 Å². The first-order valence-electron chi connectivity index (χ1n) is 10.8. The van der Waals surface area contributed by atoms with E-state index in [1.165, 1.54) is 6.07 Å². The van der Waals surface area contributed by atoms with Gasteiger partial charge in [-0.15, -0.1) is 5.10 Å².